The van der Waals surface area contributed by atoms with Gasteiger partial charge in [0, 0.05) is 16.5 Å². The van der Waals surface area contributed by atoms with Crippen molar-refractivity contribution in [2.24, 2.45) is 0 Å². The molecule has 2 rings (SSSR count). The summed E-state index contributed by atoms with van der Waals surface area (Å²) < 4.78 is 50.7. The predicted molar refractivity (Wildman–Crippen MR) is 82.0 cm³/mol. The van der Waals surface area contributed by atoms with E-state index in [-0.39, 0.29) is 35.3 Å². The zero-order chi connectivity index (χ0) is 18.1. The maximum Gasteiger partial charge on any atom is 0.417 e. The second kappa shape index (κ2) is 6.40. The Morgan fingerprint density at radius 2 is 2.04 bits per heavy atom. The molecule has 0 aliphatic carbocycles. The molecule has 0 unspecified atom stereocenters. The molecule has 0 aliphatic heterocycles. The molecule has 0 radical (unpaired) electrons. The van der Waals surface area contributed by atoms with Crippen LogP contribution in [0.3, 0.4) is 0 Å². The summed E-state index contributed by atoms with van der Waals surface area (Å²) in [5, 5.41) is 8.46. The minimum Gasteiger partial charge on any atom is -0.478 e. The average molecular weight is 337 g/mol. The second-order valence-electron chi connectivity index (χ2n) is 5.19. The highest BCUT2D eigenvalue weighted by atomic mass is 19.4. The van der Waals surface area contributed by atoms with Crippen LogP contribution < -0.4 is 10.4 Å². The summed E-state index contributed by atoms with van der Waals surface area (Å²) in [4.78, 5) is 11.8. The van der Waals surface area contributed by atoms with Crippen LogP contribution in [0, 0.1) is 25.2 Å². The normalized spacial score (nSPS) is 11.3. The van der Waals surface area contributed by atoms with Crippen LogP contribution in [0.5, 0.6) is 5.75 Å². The van der Waals surface area contributed by atoms with Gasteiger partial charge in [0.1, 0.15) is 17.4 Å². The van der Waals surface area contributed by atoms with E-state index in [2.05, 4.69) is 6.58 Å². The zero-order valence-electron chi connectivity index (χ0n) is 13.1. The molecule has 7 heteroatoms. The van der Waals surface area contributed by atoms with Crippen LogP contribution in [0.25, 0.3) is 11.0 Å². The molecule has 24 heavy (non-hydrogen) atoms. The molecule has 0 bridgehead atoms. The molecule has 0 saturated heterocycles. The number of nitrogens with zero attached hydrogens (tertiary/aromatic N) is 1. The van der Waals surface area contributed by atoms with E-state index in [1.54, 1.807) is 6.07 Å². The van der Waals surface area contributed by atoms with Gasteiger partial charge in [-0.1, -0.05) is 6.08 Å². The van der Waals surface area contributed by atoms with Crippen molar-refractivity contribution in [2.75, 3.05) is 6.61 Å². The lowest BCUT2D eigenvalue weighted by Gasteiger charge is -2.17. The Labute approximate surface area is 135 Å². The van der Waals surface area contributed by atoms with Gasteiger partial charge in [0.25, 0.3) is 0 Å². The van der Waals surface area contributed by atoms with Crippen molar-refractivity contribution in [1.29, 1.82) is 5.26 Å². The number of ether oxygens (including phenoxy) is 1. The first-order valence-electron chi connectivity index (χ1n) is 7.00. The van der Waals surface area contributed by atoms with Crippen molar-refractivity contribution in [1.82, 2.24) is 0 Å². The van der Waals surface area contributed by atoms with E-state index in [0.29, 0.717) is 5.56 Å². The molecule has 126 valence electrons. The van der Waals surface area contributed by atoms with E-state index in [9.17, 15) is 18.0 Å². The third kappa shape index (κ3) is 3.00. The largest absolute Gasteiger partial charge is 0.478 e. The van der Waals surface area contributed by atoms with Gasteiger partial charge >= 0.3 is 11.8 Å². The first kappa shape index (κ1) is 17.6. The van der Waals surface area contributed by atoms with E-state index in [0.717, 1.165) is 6.92 Å². The Hall–Kier alpha value is -2.75. The van der Waals surface area contributed by atoms with Gasteiger partial charge in [-0.3, -0.25) is 0 Å². The molecule has 0 fully saturated rings. The predicted octanol–water partition coefficient (Wildman–Crippen LogP) is 4.06. The summed E-state index contributed by atoms with van der Waals surface area (Å²) in [6.07, 6.45) is -2.95. The summed E-state index contributed by atoms with van der Waals surface area (Å²) >= 11 is 0. The van der Waals surface area contributed by atoms with E-state index in [1.165, 1.54) is 19.1 Å². The van der Waals surface area contributed by atoms with Gasteiger partial charge in [0.05, 0.1) is 5.56 Å². The first-order chi connectivity index (χ1) is 11.2. The molecule has 0 atom stereocenters. The number of benzene rings is 1. The van der Waals surface area contributed by atoms with Crippen LogP contribution in [0.4, 0.5) is 13.2 Å². The second-order valence-corrected chi connectivity index (χ2v) is 5.19. The van der Waals surface area contributed by atoms with Gasteiger partial charge in [-0.25, -0.2) is 4.79 Å². The molecule has 0 saturated carbocycles. The van der Waals surface area contributed by atoms with Crippen LogP contribution >= 0.6 is 0 Å². The Bertz CT molecular complexity index is 905. The van der Waals surface area contributed by atoms with Crippen LogP contribution in [-0.2, 0) is 12.6 Å². The standard InChI is InChI=1S/C17H14F3NO3/c1-4-5-11-8-12-13(17(18,19)20)9(2)16(22)24-15(12)10(3)14(11)23-7-6-21/h4,8H,1,5,7H2,2-3H3. The smallest absolute Gasteiger partial charge is 0.417 e. The fourth-order valence-electron chi connectivity index (χ4n) is 2.62. The molecule has 0 amide bonds. The van der Waals surface area contributed by atoms with Crippen LogP contribution in [0.2, 0.25) is 0 Å². The summed E-state index contributed by atoms with van der Waals surface area (Å²) in [5.41, 5.74) is -2.09. The zero-order valence-corrected chi connectivity index (χ0v) is 13.1. The highest BCUT2D eigenvalue weighted by Gasteiger charge is 2.37. The number of hydrogen-bond donors (Lipinski definition) is 0. The van der Waals surface area contributed by atoms with Crippen molar-refractivity contribution in [3.63, 3.8) is 0 Å². The van der Waals surface area contributed by atoms with Gasteiger partial charge in [0.2, 0.25) is 0 Å². The fraction of sp³-hybridized carbons (Fsp3) is 0.294. The molecule has 4 nitrogen and oxygen atoms in total. The number of aryl methyl sites for hydroxylation is 1. The third-order valence-electron chi connectivity index (χ3n) is 3.61. The van der Waals surface area contributed by atoms with Crippen molar-refractivity contribution in [3.8, 4) is 11.8 Å². The molecular weight excluding hydrogens is 323 g/mol. The molecule has 0 N–H and O–H groups in total. The summed E-state index contributed by atoms with van der Waals surface area (Å²) in [7, 11) is 0. The molecule has 1 aromatic heterocycles. The van der Waals surface area contributed by atoms with Crippen molar-refractivity contribution in [3.05, 3.63) is 51.4 Å². The summed E-state index contributed by atoms with van der Waals surface area (Å²) in [6, 6.07) is 3.07. The first-order valence-corrected chi connectivity index (χ1v) is 7.00. The van der Waals surface area contributed by atoms with E-state index in [1.807, 2.05) is 0 Å². The maximum atomic E-state index is 13.4. The van der Waals surface area contributed by atoms with Gasteiger partial charge in [-0.05, 0) is 31.9 Å². The quantitative estimate of drug-likeness (QED) is 0.623. The monoisotopic (exact) mass is 337 g/mol. The van der Waals surface area contributed by atoms with E-state index < -0.39 is 22.9 Å². The number of alkyl halides is 3. The fourth-order valence-corrected chi connectivity index (χ4v) is 2.62. The average Bonchev–Trinajstić information content (AvgIpc) is 2.48. The summed E-state index contributed by atoms with van der Waals surface area (Å²) in [5.74, 6) is 0.226. The number of nitriles is 1. The number of allylic oxidation sites excluding steroid dienone is 1. The van der Waals surface area contributed by atoms with Crippen LogP contribution in [0.1, 0.15) is 22.3 Å². The minimum absolute atomic E-state index is 0.196. The maximum absolute atomic E-state index is 13.4. The number of hydrogen-bond acceptors (Lipinski definition) is 4. The van der Waals surface area contributed by atoms with Crippen molar-refractivity contribution in [2.45, 2.75) is 26.4 Å². The Kier molecular flexibility index (Phi) is 4.69. The molecule has 2 aromatic rings. The van der Waals surface area contributed by atoms with Gasteiger partial charge in [-0.2, -0.15) is 18.4 Å². The van der Waals surface area contributed by atoms with Gasteiger partial charge < -0.3 is 9.15 Å². The highest BCUT2D eigenvalue weighted by molar-refractivity contribution is 5.87. The Morgan fingerprint density at radius 1 is 1.38 bits per heavy atom. The molecule has 1 heterocycles. The Balaban J connectivity index is 2.96. The number of halogens is 3. The van der Waals surface area contributed by atoms with Crippen LogP contribution in [0.15, 0.2) is 27.9 Å². The molecule has 0 aliphatic rings. The van der Waals surface area contributed by atoms with Crippen molar-refractivity contribution >= 4 is 11.0 Å². The van der Waals surface area contributed by atoms with Gasteiger partial charge in [-0.15, -0.1) is 6.58 Å². The lowest BCUT2D eigenvalue weighted by atomic mass is 9.97. The Morgan fingerprint density at radius 3 is 2.58 bits per heavy atom. The van der Waals surface area contributed by atoms with E-state index in [4.69, 9.17) is 14.4 Å². The number of fused-ring (bicyclic) bond motifs is 1. The third-order valence-corrected chi connectivity index (χ3v) is 3.61. The topological polar surface area (TPSA) is 63.2 Å². The van der Waals surface area contributed by atoms with E-state index >= 15 is 0 Å². The minimum atomic E-state index is -4.70. The lowest BCUT2D eigenvalue weighted by molar-refractivity contribution is -0.137. The van der Waals surface area contributed by atoms with Gasteiger partial charge in [0.15, 0.2) is 6.61 Å². The summed E-state index contributed by atoms with van der Waals surface area (Å²) in [6.45, 7) is 5.86. The van der Waals surface area contributed by atoms with Crippen LogP contribution in [-0.4, -0.2) is 6.61 Å². The molecule has 1 aromatic carbocycles. The van der Waals surface area contributed by atoms with Crippen molar-refractivity contribution < 1.29 is 22.3 Å². The highest BCUT2D eigenvalue weighted by Crippen LogP contribution is 2.40. The number of rotatable bonds is 4. The lowest BCUT2D eigenvalue weighted by Crippen LogP contribution is -2.17. The SMILES string of the molecule is C=CCc1cc2c(C(F)(F)F)c(C)c(=O)oc2c(C)c1OCC#N. The molecule has 0 spiro atoms. The molecular formula is C17H14F3NO3.